The summed E-state index contributed by atoms with van der Waals surface area (Å²) in [4.78, 5) is 7.17. The second-order valence-corrected chi connectivity index (χ2v) is 7.90. The third-order valence-corrected chi connectivity index (χ3v) is 6.12. The molecule has 0 amide bonds. The van der Waals surface area contributed by atoms with Gasteiger partial charge in [0.25, 0.3) is 0 Å². The molecule has 3 N–H and O–H groups in total. The quantitative estimate of drug-likeness (QED) is 0.792. The first-order valence-electron chi connectivity index (χ1n) is 6.91. The van der Waals surface area contributed by atoms with Gasteiger partial charge in [-0.15, -0.1) is 0 Å². The van der Waals surface area contributed by atoms with Crippen LogP contribution in [0.15, 0.2) is 23.4 Å². The van der Waals surface area contributed by atoms with Gasteiger partial charge in [0, 0.05) is 29.9 Å². The molecule has 8 heteroatoms. The molecule has 0 spiro atoms. The van der Waals surface area contributed by atoms with Crippen LogP contribution in [0, 0.1) is 5.92 Å². The Balaban J connectivity index is 1.68. The van der Waals surface area contributed by atoms with Gasteiger partial charge in [-0.25, -0.2) is 18.1 Å². The van der Waals surface area contributed by atoms with Gasteiger partial charge in [0.15, 0.2) is 0 Å². The highest BCUT2D eigenvalue weighted by Gasteiger charge is 2.41. The van der Waals surface area contributed by atoms with Gasteiger partial charge >= 0.3 is 0 Å². The molecule has 4 rings (SSSR count). The molecule has 0 aromatic carbocycles. The number of hydrogen-bond donors (Lipinski definition) is 3. The highest BCUT2D eigenvalue weighted by molar-refractivity contribution is 7.89. The number of nitrogens with one attached hydrogen (secondary N) is 3. The number of fused-ring (bicyclic) bond motifs is 3. The van der Waals surface area contributed by atoms with Gasteiger partial charge in [0.1, 0.15) is 10.5 Å². The summed E-state index contributed by atoms with van der Waals surface area (Å²) in [5.74, 6) is 0.585. The van der Waals surface area contributed by atoms with Crippen molar-refractivity contribution in [2.75, 3.05) is 6.54 Å². The zero-order valence-electron chi connectivity index (χ0n) is 11.1. The first kappa shape index (κ1) is 13.5. The number of nitrogens with zero attached hydrogens (tertiary/aromatic N) is 1. The van der Waals surface area contributed by atoms with Crippen molar-refractivity contribution in [1.82, 2.24) is 20.0 Å². The molecular weight excluding hydrogens is 312 g/mol. The summed E-state index contributed by atoms with van der Waals surface area (Å²) in [7, 11) is -3.59. The van der Waals surface area contributed by atoms with E-state index in [4.69, 9.17) is 11.6 Å². The second kappa shape index (κ2) is 4.67. The summed E-state index contributed by atoms with van der Waals surface area (Å²) in [6.07, 6.45) is 4.91. The predicted molar refractivity (Wildman–Crippen MR) is 79.7 cm³/mol. The Kier molecular flexibility index (Phi) is 3.01. The number of H-pyrrole nitrogens is 1. The van der Waals surface area contributed by atoms with Crippen molar-refractivity contribution in [3.63, 3.8) is 0 Å². The minimum Gasteiger partial charge on any atom is -0.345 e. The molecule has 1 saturated heterocycles. The predicted octanol–water partition coefficient (Wildman–Crippen LogP) is 1.25. The normalized spacial score (nSPS) is 28.5. The fourth-order valence-electron chi connectivity index (χ4n) is 3.42. The van der Waals surface area contributed by atoms with Crippen LogP contribution in [0.3, 0.4) is 0 Å². The Morgan fingerprint density at radius 2 is 2.24 bits per heavy atom. The van der Waals surface area contributed by atoms with Crippen LogP contribution in [0.5, 0.6) is 0 Å². The van der Waals surface area contributed by atoms with E-state index in [0.717, 1.165) is 19.4 Å². The lowest BCUT2D eigenvalue weighted by molar-refractivity contribution is 0.417. The van der Waals surface area contributed by atoms with Crippen molar-refractivity contribution >= 4 is 32.7 Å². The molecule has 3 atom stereocenters. The van der Waals surface area contributed by atoms with Crippen LogP contribution in [0.1, 0.15) is 12.8 Å². The molecule has 112 valence electrons. The minimum absolute atomic E-state index is 0.0363. The molecule has 3 heterocycles. The first-order valence-corrected chi connectivity index (χ1v) is 8.77. The van der Waals surface area contributed by atoms with E-state index in [2.05, 4.69) is 20.0 Å². The molecule has 0 unspecified atom stereocenters. The van der Waals surface area contributed by atoms with Gasteiger partial charge in [0.05, 0.1) is 5.02 Å². The lowest BCUT2D eigenvalue weighted by Gasteiger charge is -2.23. The Labute approximate surface area is 127 Å². The highest BCUT2D eigenvalue weighted by Crippen LogP contribution is 2.32. The molecule has 0 radical (unpaired) electrons. The molecule has 1 saturated carbocycles. The van der Waals surface area contributed by atoms with Crippen molar-refractivity contribution in [3.05, 3.63) is 23.5 Å². The van der Waals surface area contributed by atoms with E-state index in [-0.39, 0.29) is 17.0 Å². The SMILES string of the molecule is O=S(=O)(N[C@@H]1C[C@H]2CN[C@@H]1C2)c1c[nH]c2ncc(Cl)cc12. The smallest absolute Gasteiger partial charge is 0.243 e. The van der Waals surface area contributed by atoms with E-state index in [1.165, 1.54) is 12.4 Å². The number of halogens is 1. The van der Waals surface area contributed by atoms with E-state index in [1.54, 1.807) is 6.07 Å². The molecule has 21 heavy (non-hydrogen) atoms. The van der Waals surface area contributed by atoms with Crippen LogP contribution in [0.4, 0.5) is 0 Å². The van der Waals surface area contributed by atoms with Crippen LogP contribution < -0.4 is 10.0 Å². The molecule has 2 aromatic rings. The van der Waals surface area contributed by atoms with Crippen molar-refractivity contribution in [2.24, 2.45) is 5.92 Å². The van der Waals surface area contributed by atoms with E-state index in [1.807, 2.05) is 0 Å². The molecule has 2 fully saturated rings. The van der Waals surface area contributed by atoms with Gasteiger partial charge in [0.2, 0.25) is 10.0 Å². The van der Waals surface area contributed by atoms with Gasteiger partial charge in [-0.3, -0.25) is 0 Å². The number of hydrogen-bond acceptors (Lipinski definition) is 4. The van der Waals surface area contributed by atoms with Crippen LogP contribution in [-0.4, -0.2) is 37.0 Å². The summed E-state index contributed by atoms with van der Waals surface area (Å²) >= 11 is 5.92. The molecule has 1 aliphatic carbocycles. The standard InChI is InChI=1S/C13H15ClN4O2S/c14-8-3-9-12(6-17-13(9)16-5-8)21(19,20)18-11-2-7-1-10(11)15-4-7/h3,5-7,10-11,15,18H,1-2,4H2,(H,16,17)/t7-,10+,11+/m0/s1. The van der Waals surface area contributed by atoms with E-state index in [0.29, 0.717) is 22.0 Å². The zero-order chi connectivity index (χ0) is 14.6. The fraction of sp³-hybridized carbons (Fsp3) is 0.462. The number of aromatic nitrogens is 2. The molecule has 2 bridgehead atoms. The van der Waals surface area contributed by atoms with Crippen LogP contribution >= 0.6 is 11.6 Å². The maximum atomic E-state index is 12.6. The average Bonchev–Trinajstić information content (AvgIpc) is 3.11. The Morgan fingerprint density at radius 3 is 2.95 bits per heavy atom. The second-order valence-electron chi connectivity index (χ2n) is 5.78. The third kappa shape index (κ3) is 2.24. The van der Waals surface area contributed by atoms with Crippen LogP contribution in [-0.2, 0) is 10.0 Å². The largest absolute Gasteiger partial charge is 0.345 e. The molecular formula is C13H15ClN4O2S. The third-order valence-electron chi connectivity index (χ3n) is 4.38. The summed E-state index contributed by atoms with van der Waals surface area (Å²) in [6.45, 7) is 0.996. The van der Waals surface area contributed by atoms with Crippen molar-refractivity contribution < 1.29 is 8.42 Å². The van der Waals surface area contributed by atoms with Crippen molar-refractivity contribution in [2.45, 2.75) is 29.8 Å². The average molecular weight is 327 g/mol. The van der Waals surface area contributed by atoms with Crippen LogP contribution in [0.2, 0.25) is 5.02 Å². The molecule has 2 aromatic heterocycles. The number of piperidine rings is 1. The molecule has 6 nitrogen and oxygen atoms in total. The maximum absolute atomic E-state index is 12.6. The number of rotatable bonds is 3. The minimum atomic E-state index is -3.59. The number of aromatic amines is 1. The zero-order valence-corrected chi connectivity index (χ0v) is 12.7. The molecule has 2 aliphatic rings. The summed E-state index contributed by atoms with van der Waals surface area (Å²) in [5, 5.41) is 4.29. The summed E-state index contributed by atoms with van der Waals surface area (Å²) < 4.78 is 28.1. The monoisotopic (exact) mass is 326 g/mol. The van der Waals surface area contributed by atoms with Crippen molar-refractivity contribution in [3.8, 4) is 0 Å². The van der Waals surface area contributed by atoms with E-state index in [9.17, 15) is 8.42 Å². The van der Waals surface area contributed by atoms with Crippen molar-refractivity contribution in [1.29, 1.82) is 0 Å². The Hall–Kier alpha value is -1.15. The fourth-order valence-corrected chi connectivity index (χ4v) is 5.03. The van der Waals surface area contributed by atoms with Gasteiger partial charge < -0.3 is 10.3 Å². The van der Waals surface area contributed by atoms with Gasteiger partial charge in [-0.2, -0.15) is 0 Å². The first-order chi connectivity index (χ1) is 10.0. The highest BCUT2D eigenvalue weighted by atomic mass is 35.5. The van der Waals surface area contributed by atoms with E-state index >= 15 is 0 Å². The Morgan fingerprint density at radius 1 is 1.38 bits per heavy atom. The lowest BCUT2D eigenvalue weighted by Crippen LogP contribution is -2.47. The van der Waals surface area contributed by atoms with Crippen LogP contribution in [0.25, 0.3) is 11.0 Å². The lowest BCUT2D eigenvalue weighted by atomic mass is 10.1. The number of sulfonamides is 1. The topological polar surface area (TPSA) is 86.9 Å². The summed E-state index contributed by atoms with van der Waals surface area (Å²) in [6, 6.07) is 1.83. The maximum Gasteiger partial charge on any atom is 0.243 e. The summed E-state index contributed by atoms with van der Waals surface area (Å²) in [5.41, 5.74) is 0.519. The Bertz CT molecular complexity index is 804. The van der Waals surface area contributed by atoms with Gasteiger partial charge in [-0.05, 0) is 31.4 Å². The molecule has 1 aliphatic heterocycles. The van der Waals surface area contributed by atoms with E-state index < -0.39 is 10.0 Å². The number of pyridine rings is 1. The van der Waals surface area contributed by atoms with Gasteiger partial charge in [-0.1, -0.05) is 11.6 Å².